The molecule has 0 bridgehead atoms. The standard InChI is InChI=1S/C17H25N3O6S2/c1-25-16-7-6-15(14-17(16)26-2)28(23,24)20-11-9-19(10-12-20)27(21,22)13-5-3-4-8-18/h6-7,14H,3-5,9-13H2,1-2H3. The van der Waals surface area contributed by atoms with Gasteiger partial charge in [0.15, 0.2) is 11.5 Å². The maximum Gasteiger partial charge on any atom is 0.243 e. The van der Waals surface area contributed by atoms with E-state index in [4.69, 9.17) is 14.7 Å². The minimum Gasteiger partial charge on any atom is -0.493 e. The van der Waals surface area contributed by atoms with Crippen molar-refractivity contribution in [3.05, 3.63) is 18.2 Å². The van der Waals surface area contributed by atoms with Crippen molar-refractivity contribution in [2.24, 2.45) is 0 Å². The second-order valence-electron chi connectivity index (χ2n) is 6.25. The summed E-state index contributed by atoms with van der Waals surface area (Å²) in [7, 11) is -4.33. The molecular formula is C17H25N3O6S2. The first-order chi connectivity index (χ1) is 13.3. The van der Waals surface area contributed by atoms with E-state index in [1.807, 2.05) is 6.07 Å². The maximum absolute atomic E-state index is 12.9. The second-order valence-corrected chi connectivity index (χ2v) is 10.3. The Morgan fingerprint density at radius 2 is 1.57 bits per heavy atom. The fraction of sp³-hybridized carbons (Fsp3) is 0.588. The zero-order chi connectivity index (χ0) is 20.8. The summed E-state index contributed by atoms with van der Waals surface area (Å²) in [6.45, 7) is 0.364. The number of unbranched alkanes of at least 4 members (excludes halogenated alkanes) is 2. The molecule has 1 aromatic carbocycles. The van der Waals surface area contributed by atoms with Gasteiger partial charge in [-0.05, 0) is 25.0 Å². The topological polar surface area (TPSA) is 117 Å². The number of benzene rings is 1. The normalized spacial score (nSPS) is 16.5. The fourth-order valence-corrected chi connectivity index (χ4v) is 5.92. The molecule has 0 aliphatic carbocycles. The summed E-state index contributed by atoms with van der Waals surface area (Å²) in [5.41, 5.74) is 0. The molecule has 0 atom stereocenters. The van der Waals surface area contributed by atoms with E-state index >= 15 is 0 Å². The molecule has 9 nitrogen and oxygen atoms in total. The SMILES string of the molecule is COc1ccc(S(=O)(=O)N2CCN(S(=O)(=O)CCCCC#N)CC2)cc1OC. The van der Waals surface area contributed by atoms with Crippen LogP contribution in [0, 0.1) is 11.3 Å². The van der Waals surface area contributed by atoms with Crippen LogP contribution < -0.4 is 9.47 Å². The Labute approximate surface area is 166 Å². The van der Waals surface area contributed by atoms with Gasteiger partial charge >= 0.3 is 0 Å². The molecule has 0 N–H and O–H groups in total. The highest BCUT2D eigenvalue weighted by Gasteiger charge is 2.33. The van der Waals surface area contributed by atoms with E-state index in [1.165, 1.54) is 41.0 Å². The van der Waals surface area contributed by atoms with Crippen molar-refractivity contribution in [1.82, 2.24) is 8.61 Å². The van der Waals surface area contributed by atoms with E-state index in [1.54, 1.807) is 0 Å². The summed E-state index contributed by atoms with van der Waals surface area (Å²) in [4.78, 5) is 0.0676. The van der Waals surface area contributed by atoms with Crippen molar-refractivity contribution in [2.45, 2.75) is 24.2 Å². The van der Waals surface area contributed by atoms with E-state index in [0.717, 1.165) is 0 Å². The average molecular weight is 432 g/mol. The Kier molecular flexibility index (Phi) is 7.65. The third-order valence-corrected chi connectivity index (χ3v) is 8.38. The third-order valence-electron chi connectivity index (χ3n) is 4.52. The molecule has 1 aromatic rings. The molecule has 28 heavy (non-hydrogen) atoms. The molecule has 11 heteroatoms. The van der Waals surface area contributed by atoms with Crippen LogP contribution in [0.5, 0.6) is 11.5 Å². The van der Waals surface area contributed by atoms with Gasteiger partial charge in [-0.2, -0.15) is 13.9 Å². The van der Waals surface area contributed by atoms with Crippen molar-refractivity contribution >= 4 is 20.0 Å². The summed E-state index contributed by atoms with van der Waals surface area (Å²) in [5.74, 6) is 0.702. The van der Waals surface area contributed by atoms with Gasteiger partial charge in [0.25, 0.3) is 0 Å². The first-order valence-electron chi connectivity index (χ1n) is 8.83. The Hall–Kier alpha value is -1.87. The molecule has 156 valence electrons. The summed E-state index contributed by atoms with van der Waals surface area (Å²) in [6, 6.07) is 6.34. The molecule has 1 saturated heterocycles. The van der Waals surface area contributed by atoms with E-state index in [9.17, 15) is 16.8 Å². The van der Waals surface area contributed by atoms with Gasteiger partial charge in [-0.3, -0.25) is 0 Å². The number of nitrogens with zero attached hydrogens (tertiary/aromatic N) is 3. The molecule has 0 saturated carbocycles. The Bertz CT molecular complexity index is 917. The van der Waals surface area contributed by atoms with Gasteiger partial charge in [0.05, 0.1) is 30.9 Å². The van der Waals surface area contributed by atoms with Crippen molar-refractivity contribution in [2.75, 3.05) is 46.2 Å². The van der Waals surface area contributed by atoms with Gasteiger partial charge in [0, 0.05) is 38.7 Å². The van der Waals surface area contributed by atoms with Crippen LogP contribution in [0.3, 0.4) is 0 Å². The molecule has 1 aliphatic heterocycles. The molecule has 2 rings (SSSR count). The van der Waals surface area contributed by atoms with E-state index in [2.05, 4.69) is 0 Å². The van der Waals surface area contributed by atoms with Crippen molar-refractivity contribution in [1.29, 1.82) is 5.26 Å². The monoisotopic (exact) mass is 431 g/mol. The molecule has 0 spiro atoms. The van der Waals surface area contributed by atoms with Gasteiger partial charge < -0.3 is 9.47 Å². The number of ether oxygens (including phenoxy) is 2. The molecule has 1 aliphatic rings. The fourth-order valence-electron chi connectivity index (χ4n) is 2.93. The van der Waals surface area contributed by atoms with Crippen LogP contribution in [0.2, 0.25) is 0 Å². The minimum atomic E-state index is -3.77. The molecule has 1 fully saturated rings. The molecule has 0 aromatic heterocycles. The Morgan fingerprint density at radius 3 is 2.14 bits per heavy atom. The van der Waals surface area contributed by atoms with Crippen LogP contribution in [0.25, 0.3) is 0 Å². The Balaban J connectivity index is 2.05. The quantitative estimate of drug-likeness (QED) is 0.536. The van der Waals surface area contributed by atoms with E-state index in [-0.39, 0.29) is 36.8 Å². The second kappa shape index (κ2) is 9.56. The van der Waals surface area contributed by atoms with Crippen LogP contribution in [0.4, 0.5) is 0 Å². The van der Waals surface area contributed by atoms with Crippen LogP contribution in [0.15, 0.2) is 23.1 Å². The van der Waals surface area contributed by atoms with Gasteiger partial charge in [-0.25, -0.2) is 16.8 Å². The number of rotatable bonds is 9. The van der Waals surface area contributed by atoms with Gasteiger partial charge in [-0.1, -0.05) is 0 Å². The first-order valence-corrected chi connectivity index (χ1v) is 11.9. The molecule has 0 unspecified atom stereocenters. The number of hydrogen-bond acceptors (Lipinski definition) is 7. The lowest BCUT2D eigenvalue weighted by molar-refractivity contribution is 0.272. The van der Waals surface area contributed by atoms with Crippen molar-refractivity contribution < 1.29 is 26.3 Å². The summed E-state index contributed by atoms with van der Waals surface area (Å²) < 4.78 is 63.4. The highest BCUT2D eigenvalue weighted by molar-refractivity contribution is 7.89. The third kappa shape index (κ3) is 5.14. The predicted molar refractivity (Wildman–Crippen MR) is 103 cm³/mol. The number of sulfonamides is 2. The highest BCUT2D eigenvalue weighted by Crippen LogP contribution is 2.31. The number of nitriles is 1. The lowest BCUT2D eigenvalue weighted by Gasteiger charge is -2.33. The maximum atomic E-state index is 12.9. The minimum absolute atomic E-state index is 0.0306. The van der Waals surface area contributed by atoms with Gasteiger partial charge in [0.2, 0.25) is 20.0 Å². The van der Waals surface area contributed by atoms with E-state index < -0.39 is 20.0 Å². The highest BCUT2D eigenvalue weighted by atomic mass is 32.2. The zero-order valence-corrected chi connectivity index (χ0v) is 17.6. The molecule has 1 heterocycles. The van der Waals surface area contributed by atoms with Crippen molar-refractivity contribution in [3.8, 4) is 17.6 Å². The average Bonchev–Trinajstić information content (AvgIpc) is 2.70. The summed E-state index contributed by atoms with van der Waals surface area (Å²) in [5, 5.41) is 8.52. The van der Waals surface area contributed by atoms with Crippen LogP contribution >= 0.6 is 0 Å². The van der Waals surface area contributed by atoms with Gasteiger partial charge in [-0.15, -0.1) is 0 Å². The predicted octanol–water partition coefficient (Wildman–Crippen LogP) is 1.03. The zero-order valence-electron chi connectivity index (χ0n) is 16.0. The largest absolute Gasteiger partial charge is 0.493 e. The Morgan fingerprint density at radius 1 is 0.964 bits per heavy atom. The van der Waals surface area contributed by atoms with Gasteiger partial charge in [0.1, 0.15) is 0 Å². The molecule has 0 radical (unpaired) electrons. The van der Waals surface area contributed by atoms with Crippen LogP contribution in [-0.2, 0) is 20.0 Å². The lowest BCUT2D eigenvalue weighted by atomic mass is 10.3. The lowest BCUT2D eigenvalue weighted by Crippen LogP contribution is -2.50. The number of methoxy groups -OCH3 is 2. The number of hydrogen-bond donors (Lipinski definition) is 0. The van der Waals surface area contributed by atoms with Crippen LogP contribution in [-0.4, -0.2) is 71.6 Å². The number of piperazine rings is 1. The summed E-state index contributed by atoms with van der Waals surface area (Å²) >= 11 is 0. The van der Waals surface area contributed by atoms with Crippen LogP contribution in [0.1, 0.15) is 19.3 Å². The first kappa shape index (κ1) is 22.4. The van der Waals surface area contributed by atoms with E-state index in [0.29, 0.717) is 30.8 Å². The summed E-state index contributed by atoms with van der Waals surface area (Å²) in [6.07, 6.45) is 1.27. The molecule has 0 amide bonds. The smallest absolute Gasteiger partial charge is 0.243 e. The molecular weight excluding hydrogens is 406 g/mol. The van der Waals surface area contributed by atoms with Crippen molar-refractivity contribution in [3.63, 3.8) is 0 Å².